The number of aromatic nitrogens is 3. The van der Waals surface area contributed by atoms with E-state index in [1.54, 1.807) is 24.6 Å². The molecule has 0 saturated heterocycles. The summed E-state index contributed by atoms with van der Waals surface area (Å²) < 4.78 is 2.06. The average molecular weight is 369 g/mol. The van der Waals surface area contributed by atoms with Crippen molar-refractivity contribution in [1.82, 2.24) is 25.2 Å². The Hall–Kier alpha value is -2.67. The molecule has 0 bridgehead atoms. The van der Waals surface area contributed by atoms with Crippen LogP contribution in [-0.2, 0) is 19.6 Å². The molecule has 0 unspecified atom stereocenters. The summed E-state index contributed by atoms with van der Waals surface area (Å²) in [6.07, 6.45) is 5.60. The summed E-state index contributed by atoms with van der Waals surface area (Å²) in [4.78, 5) is 14.2. The third-order valence-corrected chi connectivity index (χ3v) is 5.18. The van der Waals surface area contributed by atoms with Gasteiger partial charge in [-0.25, -0.2) is 9.97 Å². The lowest BCUT2D eigenvalue weighted by Gasteiger charge is -2.11. The fourth-order valence-electron chi connectivity index (χ4n) is 2.53. The Bertz CT molecular complexity index is 829. The highest BCUT2D eigenvalue weighted by Gasteiger charge is 2.05. The van der Waals surface area contributed by atoms with Crippen molar-refractivity contribution in [3.8, 4) is 0 Å². The van der Waals surface area contributed by atoms with Crippen molar-refractivity contribution in [2.75, 3.05) is 7.05 Å². The maximum atomic E-state index is 4.54. The maximum absolute atomic E-state index is 4.54. The van der Waals surface area contributed by atoms with E-state index in [1.165, 1.54) is 16.0 Å². The van der Waals surface area contributed by atoms with Crippen LogP contribution in [0.3, 0.4) is 0 Å². The highest BCUT2D eigenvalue weighted by atomic mass is 32.1. The largest absolute Gasteiger partial charge is 0.352 e. The summed E-state index contributed by atoms with van der Waals surface area (Å²) in [6.45, 7) is 6.38. The minimum absolute atomic E-state index is 0.683. The molecule has 26 heavy (non-hydrogen) atoms. The highest BCUT2D eigenvalue weighted by Crippen LogP contribution is 2.15. The molecule has 6 nitrogen and oxygen atoms in total. The third kappa shape index (κ3) is 4.92. The summed E-state index contributed by atoms with van der Waals surface area (Å²) in [7, 11) is 1.78. The molecular weight excluding hydrogens is 344 g/mol. The number of hydrogen-bond acceptors (Lipinski definition) is 4. The lowest BCUT2D eigenvalue weighted by molar-refractivity contribution is 0.791. The number of hydrogen-bond donors (Lipinski definition) is 2. The number of benzene rings is 1. The Kier molecular flexibility index (Phi) is 6.01. The quantitative estimate of drug-likeness (QED) is 0.519. The number of rotatable bonds is 6. The van der Waals surface area contributed by atoms with Crippen LogP contribution in [0.25, 0.3) is 0 Å². The fourth-order valence-corrected chi connectivity index (χ4v) is 3.41. The van der Waals surface area contributed by atoms with E-state index in [-0.39, 0.29) is 0 Å². The van der Waals surface area contributed by atoms with Gasteiger partial charge in [0, 0.05) is 37.4 Å². The average Bonchev–Trinajstić information content (AvgIpc) is 3.26. The molecule has 0 aliphatic carbocycles. The molecular formula is C19H24N6S. The van der Waals surface area contributed by atoms with Gasteiger partial charge in [0.1, 0.15) is 5.01 Å². The Labute approximate surface area is 158 Å². The topological polar surface area (TPSA) is 67.1 Å². The number of nitrogens with zero attached hydrogens (tertiary/aromatic N) is 4. The standard InChI is InChI=1S/C19H24N6S/c1-14-15(2)26-18(24-14)11-23-19(20-3)22-10-16-4-6-17(7-5-16)12-25-9-8-21-13-25/h4-9,13H,10-12H2,1-3H3,(H2,20,22,23). The van der Waals surface area contributed by atoms with Crippen LogP contribution in [0.15, 0.2) is 48.0 Å². The second kappa shape index (κ2) is 8.62. The molecule has 0 fully saturated rings. The molecule has 3 rings (SSSR count). The first kappa shape index (κ1) is 18.1. The summed E-state index contributed by atoms with van der Waals surface area (Å²) in [6, 6.07) is 8.57. The van der Waals surface area contributed by atoms with E-state index >= 15 is 0 Å². The zero-order valence-corrected chi connectivity index (χ0v) is 16.2. The third-order valence-electron chi connectivity index (χ3n) is 4.11. The maximum Gasteiger partial charge on any atom is 0.191 e. The van der Waals surface area contributed by atoms with Gasteiger partial charge in [0.05, 0.1) is 18.6 Å². The van der Waals surface area contributed by atoms with Gasteiger partial charge in [-0.3, -0.25) is 4.99 Å². The van der Waals surface area contributed by atoms with Gasteiger partial charge in [-0.1, -0.05) is 24.3 Å². The van der Waals surface area contributed by atoms with E-state index < -0.39 is 0 Å². The van der Waals surface area contributed by atoms with Gasteiger partial charge < -0.3 is 15.2 Å². The lowest BCUT2D eigenvalue weighted by atomic mass is 10.1. The van der Waals surface area contributed by atoms with Crippen molar-refractivity contribution in [3.63, 3.8) is 0 Å². The second-order valence-corrected chi connectivity index (χ2v) is 7.37. The summed E-state index contributed by atoms with van der Waals surface area (Å²) in [5.41, 5.74) is 3.57. The fraction of sp³-hybridized carbons (Fsp3) is 0.316. The van der Waals surface area contributed by atoms with E-state index in [2.05, 4.69) is 61.4 Å². The monoisotopic (exact) mass is 368 g/mol. The van der Waals surface area contributed by atoms with Crippen molar-refractivity contribution >= 4 is 17.3 Å². The second-order valence-electron chi connectivity index (χ2n) is 6.08. The zero-order valence-electron chi connectivity index (χ0n) is 15.4. The van der Waals surface area contributed by atoms with Crippen molar-refractivity contribution < 1.29 is 0 Å². The lowest BCUT2D eigenvalue weighted by Crippen LogP contribution is -2.36. The van der Waals surface area contributed by atoms with Crippen LogP contribution >= 0.6 is 11.3 Å². The summed E-state index contributed by atoms with van der Waals surface area (Å²) in [5, 5.41) is 7.73. The predicted octanol–water partition coefficient (Wildman–Crippen LogP) is 2.87. The number of imidazole rings is 1. The number of nitrogens with one attached hydrogen (secondary N) is 2. The van der Waals surface area contributed by atoms with Gasteiger partial charge >= 0.3 is 0 Å². The van der Waals surface area contributed by atoms with Crippen LogP contribution in [0.1, 0.15) is 26.7 Å². The van der Waals surface area contributed by atoms with Crippen LogP contribution in [0.4, 0.5) is 0 Å². The van der Waals surface area contributed by atoms with Crippen LogP contribution in [0, 0.1) is 13.8 Å². The molecule has 2 aromatic heterocycles. The Morgan fingerprint density at radius 3 is 2.46 bits per heavy atom. The summed E-state index contributed by atoms with van der Waals surface area (Å²) in [5.74, 6) is 0.776. The van der Waals surface area contributed by atoms with E-state index in [0.29, 0.717) is 6.54 Å². The molecule has 2 heterocycles. The van der Waals surface area contributed by atoms with E-state index in [0.717, 1.165) is 29.8 Å². The SMILES string of the molecule is CN=C(NCc1ccc(Cn2ccnc2)cc1)NCc1nc(C)c(C)s1. The van der Waals surface area contributed by atoms with Gasteiger partial charge in [0.25, 0.3) is 0 Å². The van der Waals surface area contributed by atoms with Crippen LogP contribution in [-0.4, -0.2) is 27.5 Å². The molecule has 3 aromatic rings. The van der Waals surface area contributed by atoms with Gasteiger partial charge in [-0.15, -0.1) is 11.3 Å². The van der Waals surface area contributed by atoms with Crippen LogP contribution < -0.4 is 10.6 Å². The Morgan fingerprint density at radius 2 is 1.85 bits per heavy atom. The van der Waals surface area contributed by atoms with Gasteiger partial charge in [0.2, 0.25) is 0 Å². The molecule has 0 amide bonds. The molecule has 136 valence electrons. The minimum Gasteiger partial charge on any atom is -0.352 e. The van der Waals surface area contributed by atoms with Gasteiger partial charge in [0.15, 0.2) is 5.96 Å². The van der Waals surface area contributed by atoms with E-state index in [1.807, 2.05) is 19.4 Å². The normalized spacial score (nSPS) is 11.6. The number of aryl methyl sites for hydroxylation is 2. The molecule has 0 aliphatic heterocycles. The zero-order chi connectivity index (χ0) is 18.4. The first-order chi connectivity index (χ1) is 12.6. The number of thiazole rings is 1. The predicted molar refractivity (Wildman–Crippen MR) is 106 cm³/mol. The first-order valence-electron chi connectivity index (χ1n) is 8.55. The molecule has 0 aliphatic rings. The molecule has 0 atom stereocenters. The summed E-state index contributed by atoms with van der Waals surface area (Å²) >= 11 is 1.72. The highest BCUT2D eigenvalue weighted by molar-refractivity contribution is 7.11. The van der Waals surface area contributed by atoms with Crippen LogP contribution in [0.2, 0.25) is 0 Å². The van der Waals surface area contributed by atoms with Crippen molar-refractivity contribution in [2.24, 2.45) is 4.99 Å². The Balaban J connectivity index is 1.48. The van der Waals surface area contributed by atoms with Crippen molar-refractivity contribution in [3.05, 3.63) is 69.7 Å². The minimum atomic E-state index is 0.683. The van der Waals surface area contributed by atoms with E-state index in [9.17, 15) is 0 Å². The first-order valence-corrected chi connectivity index (χ1v) is 9.36. The molecule has 1 aromatic carbocycles. The molecule has 0 saturated carbocycles. The van der Waals surface area contributed by atoms with Crippen molar-refractivity contribution in [1.29, 1.82) is 0 Å². The smallest absolute Gasteiger partial charge is 0.191 e. The molecule has 7 heteroatoms. The molecule has 0 spiro atoms. The van der Waals surface area contributed by atoms with Crippen LogP contribution in [0.5, 0.6) is 0 Å². The molecule has 2 N–H and O–H groups in total. The number of guanidine groups is 1. The van der Waals surface area contributed by atoms with Gasteiger partial charge in [-0.05, 0) is 25.0 Å². The van der Waals surface area contributed by atoms with Gasteiger partial charge in [-0.2, -0.15) is 0 Å². The number of aliphatic imine (C=N–C) groups is 1. The van der Waals surface area contributed by atoms with E-state index in [4.69, 9.17) is 0 Å². The van der Waals surface area contributed by atoms with Crippen molar-refractivity contribution in [2.45, 2.75) is 33.5 Å². The Morgan fingerprint density at radius 1 is 1.12 bits per heavy atom. The molecule has 0 radical (unpaired) electrons.